The first kappa shape index (κ1) is 19.9. The number of allylic oxidation sites excluding steroid dienone is 2. The van der Waals surface area contributed by atoms with Crippen molar-refractivity contribution in [2.75, 3.05) is 0 Å². The minimum Gasteiger partial charge on any atom is -0.393 e. The zero-order valence-electron chi connectivity index (χ0n) is 14.9. The summed E-state index contributed by atoms with van der Waals surface area (Å²) in [4.78, 5) is 22.2. The summed E-state index contributed by atoms with van der Waals surface area (Å²) < 4.78 is 4.55. The molecule has 1 aliphatic rings. The van der Waals surface area contributed by atoms with Crippen LogP contribution < -0.4 is 0 Å². The molecule has 1 saturated heterocycles. The van der Waals surface area contributed by atoms with Crippen LogP contribution >= 0.6 is 0 Å². The van der Waals surface area contributed by atoms with Crippen molar-refractivity contribution >= 4 is 11.9 Å². The molecular weight excluding hydrogens is 288 g/mol. The van der Waals surface area contributed by atoms with E-state index in [1.54, 1.807) is 0 Å². The molecule has 1 heterocycles. The molecule has 0 amide bonds. The minimum absolute atomic E-state index is 0.187. The molecule has 3 heteroatoms. The van der Waals surface area contributed by atoms with E-state index in [2.05, 4.69) is 23.8 Å². The van der Waals surface area contributed by atoms with Crippen LogP contribution in [0.25, 0.3) is 0 Å². The molecule has 0 aromatic heterocycles. The van der Waals surface area contributed by atoms with Gasteiger partial charge in [0.25, 0.3) is 0 Å². The molecule has 0 aromatic rings. The Morgan fingerprint density at radius 1 is 0.870 bits per heavy atom. The molecule has 1 unspecified atom stereocenters. The smallest absolute Gasteiger partial charge is 0.317 e. The molecule has 3 nitrogen and oxygen atoms in total. The fourth-order valence-corrected chi connectivity index (χ4v) is 3.03. The maximum Gasteiger partial charge on any atom is 0.317 e. The second-order valence-corrected chi connectivity index (χ2v) is 6.71. The quantitative estimate of drug-likeness (QED) is 0.178. The van der Waals surface area contributed by atoms with E-state index in [4.69, 9.17) is 0 Å². The zero-order valence-corrected chi connectivity index (χ0v) is 14.9. The van der Waals surface area contributed by atoms with Crippen molar-refractivity contribution in [1.29, 1.82) is 0 Å². The van der Waals surface area contributed by atoms with E-state index >= 15 is 0 Å². The number of hydrogen-bond acceptors (Lipinski definition) is 3. The molecule has 1 aliphatic heterocycles. The Balaban J connectivity index is 1.82. The van der Waals surface area contributed by atoms with Crippen LogP contribution in [0.4, 0.5) is 0 Å². The Hall–Kier alpha value is -1.12. The largest absolute Gasteiger partial charge is 0.393 e. The molecule has 0 N–H and O–H groups in total. The zero-order chi connectivity index (χ0) is 16.8. The van der Waals surface area contributed by atoms with Gasteiger partial charge in [-0.25, -0.2) is 0 Å². The lowest BCUT2D eigenvalue weighted by Crippen LogP contribution is -2.06. The number of carbonyl (C=O) groups excluding carboxylic acids is 2. The van der Waals surface area contributed by atoms with Crippen LogP contribution in [-0.4, -0.2) is 11.9 Å². The fraction of sp³-hybridized carbons (Fsp3) is 0.800. The van der Waals surface area contributed by atoms with Crippen molar-refractivity contribution in [3.8, 4) is 0 Å². The van der Waals surface area contributed by atoms with Gasteiger partial charge in [-0.15, -0.1) is 0 Å². The van der Waals surface area contributed by atoms with E-state index in [-0.39, 0.29) is 24.3 Å². The average molecular weight is 322 g/mol. The lowest BCUT2D eigenvalue weighted by Gasteiger charge is -2.02. The second-order valence-electron chi connectivity index (χ2n) is 6.71. The average Bonchev–Trinajstić information content (AvgIpc) is 2.85. The maximum absolute atomic E-state index is 11.3. The summed E-state index contributed by atoms with van der Waals surface area (Å²) >= 11 is 0. The first-order valence-electron chi connectivity index (χ1n) is 9.63. The highest BCUT2D eigenvalue weighted by atomic mass is 16.6. The molecule has 0 spiro atoms. The number of ether oxygens (including phenoxy) is 1. The van der Waals surface area contributed by atoms with Crippen molar-refractivity contribution in [2.24, 2.45) is 5.92 Å². The summed E-state index contributed by atoms with van der Waals surface area (Å²) in [5, 5.41) is 0. The SMILES string of the molecule is CCCCCCCCCCC/C=C/CCCC1CC(=O)OC1=O. The summed E-state index contributed by atoms with van der Waals surface area (Å²) in [7, 11) is 0. The van der Waals surface area contributed by atoms with Crippen LogP contribution in [0.2, 0.25) is 0 Å². The van der Waals surface area contributed by atoms with Crippen LogP contribution in [0.15, 0.2) is 12.2 Å². The van der Waals surface area contributed by atoms with Crippen molar-refractivity contribution in [3.63, 3.8) is 0 Å². The predicted octanol–water partition coefficient (Wildman–Crippen LogP) is 5.72. The third-order valence-corrected chi connectivity index (χ3v) is 4.53. The Labute approximate surface area is 141 Å². The van der Waals surface area contributed by atoms with Crippen LogP contribution in [0, 0.1) is 5.92 Å². The Kier molecular flexibility index (Phi) is 11.5. The lowest BCUT2D eigenvalue weighted by atomic mass is 10.0. The normalized spacial score (nSPS) is 18.0. The second kappa shape index (κ2) is 13.3. The molecule has 132 valence electrons. The van der Waals surface area contributed by atoms with Gasteiger partial charge in [-0.1, -0.05) is 70.4 Å². The maximum atomic E-state index is 11.3. The van der Waals surface area contributed by atoms with E-state index in [0.29, 0.717) is 0 Å². The first-order chi connectivity index (χ1) is 11.2. The minimum atomic E-state index is -0.360. The highest BCUT2D eigenvalue weighted by molar-refractivity contribution is 5.94. The van der Waals surface area contributed by atoms with Gasteiger partial charge in [-0.05, 0) is 32.1 Å². The topological polar surface area (TPSA) is 43.4 Å². The van der Waals surface area contributed by atoms with Crippen molar-refractivity contribution in [2.45, 2.75) is 96.8 Å². The van der Waals surface area contributed by atoms with Gasteiger partial charge < -0.3 is 4.74 Å². The van der Waals surface area contributed by atoms with Crippen LogP contribution in [0.5, 0.6) is 0 Å². The molecule has 23 heavy (non-hydrogen) atoms. The predicted molar refractivity (Wildman–Crippen MR) is 94.0 cm³/mol. The fourth-order valence-electron chi connectivity index (χ4n) is 3.03. The monoisotopic (exact) mass is 322 g/mol. The van der Waals surface area contributed by atoms with E-state index in [0.717, 1.165) is 19.3 Å². The molecule has 0 aromatic carbocycles. The van der Waals surface area contributed by atoms with E-state index in [9.17, 15) is 9.59 Å². The Morgan fingerprint density at radius 3 is 2.00 bits per heavy atom. The van der Waals surface area contributed by atoms with Crippen molar-refractivity contribution in [3.05, 3.63) is 12.2 Å². The number of esters is 2. The van der Waals surface area contributed by atoms with Gasteiger partial charge >= 0.3 is 11.9 Å². The standard InChI is InChI=1S/C20H34O3/c1-2-3-4-5-6-7-8-9-10-11-12-13-14-15-16-18-17-19(21)23-20(18)22/h12-13,18H,2-11,14-17H2,1H3/b13-12+. The Morgan fingerprint density at radius 2 is 1.43 bits per heavy atom. The van der Waals surface area contributed by atoms with E-state index in [1.807, 2.05) is 0 Å². The summed E-state index contributed by atoms with van der Waals surface area (Å²) in [6, 6.07) is 0. The molecule has 1 rings (SSSR count). The summed E-state index contributed by atoms with van der Waals surface area (Å²) in [6.45, 7) is 2.26. The van der Waals surface area contributed by atoms with Crippen LogP contribution in [0.1, 0.15) is 96.8 Å². The van der Waals surface area contributed by atoms with Crippen molar-refractivity contribution < 1.29 is 14.3 Å². The highest BCUT2D eigenvalue weighted by Gasteiger charge is 2.32. The number of hydrogen-bond donors (Lipinski definition) is 0. The molecule has 1 fully saturated rings. The van der Waals surface area contributed by atoms with E-state index < -0.39 is 0 Å². The lowest BCUT2D eigenvalue weighted by molar-refractivity contribution is -0.153. The molecule has 0 aliphatic carbocycles. The van der Waals surface area contributed by atoms with Crippen LogP contribution in [-0.2, 0) is 14.3 Å². The number of unbranched alkanes of at least 4 members (excludes halogenated alkanes) is 10. The molecule has 1 atom stereocenters. The van der Waals surface area contributed by atoms with Crippen molar-refractivity contribution in [1.82, 2.24) is 0 Å². The first-order valence-corrected chi connectivity index (χ1v) is 9.63. The Bertz CT molecular complexity index is 360. The van der Waals surface area contributed by atoms with Gasteiger partial charge in [-0.3, -0.25) is 9.59 Å². The number of cyclic esters (lactones) is 2. The third-order valence-electron chi connectivity index (χ3n) is 4.53. The third kappa shape index (κ3) is 10.3. The van der Waals surface area contributed by atoms with Crippen LogP contribution in [0.3, 0.4) is 0 Å². The number of carbonyl (C=O) groups is 2. The summed E-state index contributed by atoms with van der Waals surface area (Å²) in [5.41, 5.74) is 0. The number of rotatable bonds is 14. The summed E-state index contributed by atoms with van der Waals surface area (Å²) in [6.07, 6.45) is 21.0. The highest BCUT2D eigenvalue weighted by Crippen LogP contribution is 2.21. The van der Waals surface area contributed by atoms with Gasteiger partial charge in [0.1, 0.15) is 0 Å². The molecular formula is C20H34O3. The van der Waals surface area contributed by atoms with Gasteiger partial charge in [0.05, 0.1) is 12.3 Å². The molecule has 0 radical (unpaired) electrons. The molecule has 0 bridgehead atoms. The van der Waals surface area contributed by atoms with Gasteiger partial charge in [0.2, 0.25) is 0 Å². The molecule has 0 saturated carbocycles. The van der Waals surface area contributed by atoms with Gasteiger partial charge in [0, 0.05) is 0 Å². The van der Waals surface area contributed by atoms with Gasteiger partial charge in [0.15, 0.2) is 0 Å². The van der Waals surface area contributed by atoms with E-state index in [1.165, 1.54) is 64.2 Å². The summed E-state index contributed by atoms with van der Waals surface area (Å²) in [5.74, 6) is -0.872. The van der Waals surface area contributed by atoms with Gasteiger partial charge in [-0.2, -0.15) is 0 Å².